The van der Waals surface area contributed by atoms with Crippen LogP contribution in [-0.2, 0) is 9.47 Å². The molecule has 72 valence electrons. The van der Waals surface area contributed by atoms with E-state index < -0.39 is 0 Å². The summed E-state index contributed by atoms with van der Waals surface area (Å²) in [6, 6.07) is 0. The van der Waals surface area contributed by atoms with Crippen LogP contribution in [0.5, 0.6) is 0 Å². The molecule has 0 aliphatic rings. The molecule has 0 aliphatic heterocycles. The highest BCUT2D eigenvalue weighted by atomic mass is 16.7. The molecular weight excluding hydrogens is 152 g/mol. The van der Waals surface area contributed by atoms with Gasteiger partial charge in [0.1, 0.15) is 0 Å². The molecule has 0 aromatic heterocycles. The van der Waals surface area contributed by atoms with Crippen LogP contribution in [0.2, 0.25) is 0 Å². The SMILES string of the molecule is C=C(OCC(C)C)OCC(C)C. The molecule has 2 heteroatoms. The summed E-state index contributed by atoms with van der Waals surface area (Å²) in [5.41, 5.74) is 0. The molecule has 12 heavy (non-hydrogen) atoms. The number of ether oxygens (including phenoxy) is 2. The molecule has 0 aliphatic carbocycles. The average Bonchev–Trinajstić information content (AvgIpc) is 1.96. The average molecular weight is 172 g/mol. The summed E-state index contributed by atoms with van der Waals surface area (Å²) in [5, 5.41) is 0. The van der Waals surface area contributed by atoms with Crippen molar-refractivity contribution in [1.82, 2.24) is 0 Å². The second kappa shape index (κ2) is 5.92. The van der Waals surface area contributed by atoms with E-state index in [1.54, 1.807) is 0 Å². The van der Waals surface area contributed by atoms with Gasteiger partial charge in [-0.1, -0.05) is 27.7 Å². The Kier molecular flexibility index (Phi) is 5.60. The van der Waals surface area contributed by atoms with Crippen LogP contribution >= 0.6 is 0 Å². The van der Waals surface area contributed by atoms with E-state index in [-0.39, 0.29) is 0 Å². The molecule has 0 unspecified atom stereocenters. The second-order valence-electron chi connectivity index (χ2n) is 3.78. The summed E-state index contributed by atoms with van der Waals surface area (Å²) in [5.74, 6) is 1.48. The number of hydrogen-bond acceptors (Lipinski definition) is 2. The van der Waals surface area contributed by atoms with E-state index in [0.717, 1.165) is 0 Å². The van der Waals surface area contributed by atoms with E-state index >= 15 is 0 Å². The zero-order valence-corrected chi connectivity index (χ0v) is 8.59. The van der Waals surface area contributed by atoms with Crippen LogP contribution in [0.25, 0.3) is 0 Å². The molecule has 0 fully saturated rings. The first-order valence-electron chi connectivity index (χ1n) is 4.47. The standard InChI is InChI=1S/C10H20O2/c1-8(2)6-11-10(5)12-7-9(3)4/h8-9H,5-7H2,1-4H3. The maximum Gasteiger partial charge on any atom is 0.271 e. The van der Waals surface area contributed by atoms with Gasteiger partial charge < -0.3 is 9.47 Å². The fourth-order valence-electron chi connectivity index (χ4n) is 0.561. The molecule has 0 bridgehead atoms. The summed E-state index contributed by atoms with van der Waals surface area (Å²) in [4.78, 5) is 0. The predicted octanol–water partition coefficient (Wildman–Crippen LogP) is 2.80. The van der Waals surface area contributed by atoms with Crippen molar-refractivity contribution in [3.05, 3.63) is 12.5 Å². The molecule has 0 aromatic rings. The van der Waals surface area contributed by atoms with E-state index in [9.17, 15) is 0 Å². The fraction of sp³-hybridized carbons (Fsp3) is 0.800. The zero-order valence-electron chi connectivity index (χ0n) is 8.59. The van der Waals surface area contributed by atoms with E-state index in [4.69, 9.17) is 9.47 Å². The molecule has 0 atom stereocenters. The van der Waals surface area contributed by atoms with Gasteiger partial charge in [0.2, 0.25) is 0 Å². The van der Waals surface area contributed by atoms with Crippen molar-refractivity contribution in [3.63, 3.8) is 0 Å². The van der Waals surface area contributed by atoms with Gasteiger partial charge in [-0.3, -0.25) is 0 Å². The minimum atomic E-state index is 0.442. The van der Waals surface area contributed by atoms with E-state index in [1.807, 2.05) is 0 Å². The first-order chi connectivity index (χ1) is 5.52. The molecule has 0 radical (unpaired) electrons. The molecule has 0 saturated heterocycles. The summed E-state index contributed by atoms with van der Waals surface area (Å²) in [6.45, 7) is 13.4. The zero-order chi connectivity index (χ0) is 9.56. The summed E-state index contributed by atoms with van der Waals surface area (Å²) in [7, 11) is 0. The monoisotopic (exact) mass is 172 g/mol. The Hall–Kier alpha value is -0.660. The Morgan fingerprint density at radius 2 is 1.33 bits per heavy atom. The predicted molar refractivity (Wildman–Crippen MR) is 50.7 cm³/mol. The molecule has 0 spiro atoms. The van der Waals surface area contributed by atoms with Crippen LogP contribution in [0.15, 0.2) is 12.5 Å². The lowest BCUT2D eigenvalue weighted by Gasteiger charge is -2.13. The van der Waals surface area contributed by atoms with Crippen LogP contribution in [0.1, 0.15) is 27.7 Å². The van der Waals surface area contributed by atoms with Crippen molar-refractivity contribution in [1.29, 1.82) is 0 Å². The van der Waals surface area contributed by atoms with Gasteiger partial charge in [-0.2, -0.15) is 0 Å². The smallest absolute Gasteiger partial charge is 0.271 e. The van der Waals surface area contributed by atoms with E-state index in [1.165, 1.54) is 0 Å². The highest BCUT2D eigenvalue weighted by Crippen LogP contribution is 2.03. The minimum Gasteiger partial charge on any atom is -0.466 e. The molecule has 0 amide bonds. The topological polar surface area (TPSA) is 18.5 Å². The van der Waals surface area contributed by atoms with Gasteiger partial charge in [-0.05, 0) is 18.4 Å². The Morgan fingerprint density at radius 3 is 1.58 bits per heavy atom. The molecule has 0 aromatic carbocycles. The summed E-state index contributed by atoms with van der Waals surface area (Å²) in [6.07, 6.45) is 0. The van der Waals surface area contributed by atoms with Gasteiger partial charge in [-0.25, -0.2) is 0 Å². The Labute approximate surface area is 75.6 Å². The van der Waals surface area contributed by atoms with Crippen molar-refractivity contribution < 1.29 is 9.47 Å². The van der Waals surface area contributed by atoms with Gasteiger partial charge in [-0.15, -0.1) is 0 Å². The third kappa shape index (κ3) is 7.45. The number of rotatable bonds is 6. The third-order valence-electron chi connectivity index (χ3n) is 1.16. The molecule has 0 saturated carbocycles. The lowest BCUT2D eigenvalue weighted by atomic mass is 10.2. The Bertz CT molecular complexity index is 114. The summed E-state index contributed by atoms with van der Waals surface area (Å²) >= 11 is 0. The van der Waals surface area contributed by atoms with Gasteiger partial charge in [0, 0.05) is 0 Å². The van der Waals surface area contributed by atoms with Crippen molar-refractivity contribution in [2.45, 2.75) is 27.7 Å². The van der Waals surface area contributed by atoms with Crippen LogP contribution in [0, 0.1) is 11.8 Å². The first kappa shape index (κ1) is 11.3. The highest BCUT2D eigenvalue weighted by Gasteiger charge is 2.00. The van der Waals surface area contributed by atoms with Crippen LogP contribution < -0.4 is 0 Å². The van der Waals surface area contributed by atoms with Crippen molar-refractivity contribution in [2.75, 3.05) is 13.2 Å². The lowest BCUT2D eigenvalue weighted by molar-refractivity contribution is 0.0171. The molecule has 0 heterocycles. The molecule has 0 rings (SSSR count). The van der Waals surface area contributed by atoms with Gasteiger partial charge in [0.05, 0.1) is 13.2 Å². The molecule has 0 N–H and O–H groups in total. The minimum absolute atomic E-state index is 0.442. The molecular formula is C10H20O2. The lowest BCUT2D eigenvalue weighted by Crippen LogP contribution is -2.07. The maximum atomic E-state index is 5.24. The normalized spacial score (nSPS) is 10.5. The Balaban J connectivity index is 3.34. The van der Waals surface area contributed by atoms with Crippen LogP contribution in [-0.4, -0.2) is 13.2 Å². The van der Waals surface area contributed by atoms with Gasteiger partial charge in [0.25, 0.3) is 5.95 Å². The maximum absolute atomic E-state index is 5.24. The largest absolute Gasteiger partial charge is 0.466 e. The van der Waals surface area contributed by atoms with Crippen LogP contribution in [0.3, 0.4) is 0 Å². The van der Waals surface area contributed by atoms with Crippen molar-refractivity contribution in [2.24, 2.45) is 11.8 Å². The molecule has 2 nitrogen and oxygen atoms in total. The quantitative estimate of drug-likeness (QED) is 0.573. The van der Waals surface area contributed by atoms with Gasteiger partial charge >= 0.3 is 0 Å². The first-order valence-corrected chi connectivity index (χ1v) is 4.47. The van der Waals surface area contributed by atoms with Crippen molar-refractivity contribution in [3.8, 4) is 0 Å². The highest BCUT2D eigenvalue weighted by molar-refractivity contribution is 4.68. The van der Waals surface area contributed by atoms with E-state index in [0.29, 0.717) is 31.0 Å². The number of hydrogen-bond donors (Lipinski definition) is 0. The second-order valence-corrected chi connectivity index (χ2v) is 3.78. The fourth-order valence-corrected chi connectivity index (χ4v) is 0.561. The van der Waals surface area contributed by atoms with Crippen LogP contribution in [0.4, 0.5) is 0 Å². The summed E-state index contributed by atoms with van der Waals surface area (Å²) < 4.78 is 10.5. The van der Waals surface area contributed by atoms with Gasteiger partial charge in [0.15, 0.2) is 0 Å². The van der Waals surface area contributed by atoms with Crippen molar-refractivity contribution >= 4 is 0 Å². The Morgan fingerprint density at radius 1 is 1.00 bits per heavy atom. The van der Waals surface area contributed by atoms with E-state index in [2.05, 4.69) is 34.3 Å². The third-order valence-corrected chi connectivity index (χ3v) is 1.16.